The minimum absolute atomic E-state index is 0.427. The van der Waals surface area contributed by atoms with E-state index in [0.717, 1.165) is 0 Å². The van der Waals surface area contributed by atoms with Gasteiger partial charge in [-0.1, -0.05) is 0 Å². The van der Waals surface area contributed by atoms with Gasteiger partial charge in [-0.15, -0.1) is 0 Å². The Morgan fingerprint density at radius 3 is 3.11 bits per heavy atom. The fraction of sp³-hybridized carbons (Fsp3) is 0.200. The lowest BCUT2D eigenvalue weighted by atomic mass is 10.5. The smallest absolute Gasteiger partial charge is 0.208 e. The number of hydrogen-bond donors (Lipinski definition) is 1. The maximum atomic E-state index is 8.33. The summed E-state index contributed by atoms with van der Waals surface area (Å²) in [6.45, 7) is 0. The van der Waals surface area contributed by atoms with Crippen LogP contribution < -0.4 is 5.32 Å². The van der Waals surface area contributed by atoms with Crippen LogP contribution >= 0.6 is 15.9 Å². The fourth-order valence-electron chi connectivity index (χ4n) is 0.478. The third-order valence-corrected chi connectivity index (χ3v) is 1.32. The van der Waals surface area contributed by atoms with Crippen molar-refractivity contribution < 1.29 is 0 Å². The predicted octanol–water partition coefficient (Wildman–Crippen LogP) is 0.746. The van der Waals surface area contributed by atoms with Crippen molar-refractivity contribution in [1.29, 1.82) is 5.26 Å². The zero-order chi connectivity index (χ0) is 6.69. The molecule has 0 radical (unpaired) electrons. The Morgan fingerprint density at radius 2 is 2.67 bits per heavy atom. The predicted molar refractivity (Wildman–Crippen MR) is 38.0 cm³/mol. The maximum Gasteiger partial charge on any atom is 0.208 e. The van der Waals surface area contributed by atoms with Crippen LogP contribution in [0.25, 0.3) is 0 Å². The molecule has 0 saturated heterocycles. The molecule has 0 saturated carbocycles. The van der Waals surface area contributed by atoms with Crippen LogP contribution in [0.5, 0.6) is 0 Å². The molecule has 0 fully saturated rings. The van der Waals surface area contributed by atoms with Crippen molar-refractivity contribution in [3.8, 4) is 6.07 Å². The molecule has 1 atom stereocenters. The SMILES string of the molecule is N#CC1N=C(Br)C=CN1. The molecule has 1 heterocycles. The molecular weight excluding hydrogens is 182 g/mol. The van der Waals surface area contributed by atoms with Crippen molar-refractivity contribution in [3.63, 3.8) is 0 Å². The Labute approximate surface area is 61.2 Å². The van der Waals surface area contributed by atoms with Crippen molar-refractivity contribution in [2.75, 3.05) is 0 Å². The summed E-state index contributed by atoms with van der Waals surface area (Å²) in [6.07, 6.45) is 3.00. The van der Waals surface area contributed by atoms with Crippen LogP contribution in [0.15, 0.2) is 17.3 Å². The molecule has 3 nitrogen and oxygen atoms in total. The molecule has 1 N–H and O–H groups in total. The van der Waals surface area contributed by atoms with Crippen LogP contribution in [0.2, 0.25) is 0 Å². The van der Waals surface area contributed by atoms with Crippen molar-refractivity contribution in [2.45, 2.75) is 6.17 Å². The van der Waals surface area contributed by atoms with E-state index in [1.807, 2.05) is 6.07 Å². The average Bonchev–Trinajstić information content (AvgIpc) is 1.88. The molecule has 9 heavy (non-hydrogen) atoms. The number of nitrogens with one attached hydrogen (secondary N) is 1. The minimum atomic E-state index is -0.427. The first kappa shape index (κ1) is 6.30. The number of allylic oxidation sites excluding steroid dienone is 1. The standard InChI is InChI=1S/C5H4BrN3/c6-4-1-2-8-5(3-7)9-4/h1-2,5,8H. The number of nitrogens with zero attached hydrogens (tertiary/aromatic N) is 2. The highest BCUT2D eigenvalue weighted by atomic mass is 79.9. The Bertz CT molecular complexity index is 201. The lowest BCUT2D eigenvalue weighted by molar-refractivity contribution is 0.745. The molecule has 0 spiro atoms. The third kappa shape index (κ3) is 1.54. The Morgan fingerprint density at radius 1 is 1.89 bits per heavy atom. The van der Waals surface area contributed by atoms with E-state index in [1.165, 1.54) is 0 Å². The average molecular weight is 186 g/mol. The second-order valence-electron chi connectivity index (χ2n) is 1.48. The van der Waals surface area contributed by atoms with E-state index < -0.39 is 6.17 Å². The van der Waals surface area contributed by atoms with Gasteiger partial charge < -0.3 is 5.32 Å². The second kappa shape index (κ2) is 2.65. The monoisotopic (exact) mass is 185 g/mol. The Balaban J connectivity index is 2.69. The first-order valence-corrected chi connectivity index (χ1v) is 3.18. The molecule has 1 aliphatic rings. The van der Waals surface area contributed by atoms with Crippen LogP contribution in [0, 0.1) is 11.3 Å². The van der Waals surface area contributed by atoms with E-state index in [9.17, 15) is 0 Å². The van der Waals surface area contributed by atoms with E-state index in [-0.39, 0.29) is 0 Å². The molecule has 0 aromatic carbocycles. The second-order valence-corrected chi connectivity index (χ2v) is 2.30. The number of aliphatic imine (C=N–C) groups is 1. The van der Waals surface area contributed by atoms with Crippen molar-refractivity contribution in [3.05, 3.63) is 12.3 Å². The first-order valence-electron chi connectivity index (χ1n) is 2.38. The molecule has 1 rings (SSSR count). The molecule has 0 aliphatic carbocycles. The van der Waals surface area contributed by atoms with E-state index in [4.69, 9.17) is 5.26 Å². The van der Waals surface area contributed by atoms with Gasteiger partial charge in [0.25, 0.3) is 0 Å². The number of nitriles is 1. The number of rotatable bonds is 0. The van der Waals surface area contributed by atoms with Gasteiger partial charge in [0.05, 0.1) is 0 Å². The topological polar surface area (TPSA) is 48.2 Å². The van der Waals surface area contributed by atoms with Gasteiger partial charge in [0.15, 0.2) is 0 Å². The maximum absolute atomic E-state index is 8.33. The molecule has 0 aromatic rings. The number of halogens is 1. The van der Waals surface area contributed by atoms with Crippen LogP contribution in [0.1, 0.15) is 0 Å². The Hall–Kier alpha value is -0.820. The number of hydrogen-bond acceptors (Lipinski definition) is 3. The van der Waals surface area contributed by atoms with E-state index in [1.54, 1.807) is 12.3 Å². The lowest BCUT2D eigenvalue weighted by Gasteiger charge is -2.07. The normalized spacial score (nSPS) is 24.0. The summed E-state index contributed by atoms with van der Waals surface area (Å²) in [4.78, 5) is 3.88. The summed E-state index contributed by atoms with van der Waals surface area (Å²) in [5.74, 6) is 0. The molecule has 0 aromatic heterocycles. The summed E-state index contributed by atoms with van der Waals surface area (Å²) >= 11 is 3.14. The van der Waals surface area contributed by atoms with Gasteiger partial charge in [0, 0.05) is 6.20 Å². The van der Waals surface area contributed by atoms with Crippen molar-refractivity contribution in [1.82, 2.24) is 5.32 Å². The summed E-state index contributed by atoms with van der Waals surface area (Å²) in [6, 6.07) is 1.95. The molecule has 1 aliphatic heterocycles. The van der Waals surface area contributed by atoms with Gasteiger partial charge in [-0.25, -0.2) is 4.99 Å². The fourth-order valence-corrected chi connectivity index (χ4v) is 0.815. The van der Waals surface area contributed by atoms with Gasteiger partial charge >= 0.3 is 0 Å². The first-order chi connectivity index (χ1) is 4.33. The highest BCUT2D eigenvalue weighted by Gasteiger charge is 2.04. The van der Waals surface area contributed by atoms with Gasteiger partial charge in [-0.3, -0.25) is 0 Å². The van der Waals surface area contributed by atoms with E-state index >= 15 is 0 Å². The molecular formula is C5H4BrN3. The largest absolute Gasteiger partial charge is 0.358 e. The third-order valence-electron chi connectivity index (χ3n) is 0.850. The molecule has 4 heteroatoms. The minimum Gasteiger partial charge on any atom is -0.358 e. The lowest BCUT2D eigenvalue weighted by Crippen LogP contribution is -2.23. The highest BCUT2D eigenvalue weighted by molar-refractivity contribution is 9.18. The van der Waals surface area contributed by atoms with Gasteiger partial charge in [-0.05, 0) is 22.0 Å². The van der Waals surface area contributed by atoms with Gasteiger partial charge in [0.2, 0.25) is 6.17 Å². The Kier molecular flexibility index (Phi) is 1.85. The van der Waals surface area contributed by atoms with E-state index in [0.29, 0.717) is 4.62 Å². The summed E-state index contributed by atoms with van der Waals surface area (Å²) in [5.41, 5.74) is 0. The zero-order valence-corrected chi connectivity index (χ0v) is 6.09. The zero-order valence-electron chi connectivity index (χ0n) is 4.50. The van der Waals surface area contributed by atoms with Crippen LogP contribution in [0.4, 0.5) is 0 Å². The van der Waals surface area contributed by atoms with Crippen LogP contribution in [-0.4, -0.2) is 10.8 Å². The van der Waals surface area contributed by atoms with Crippen molar-refractivity contribution in [2.24, 2.45) is 4.99 Å². The molecule has 1 unspecified atom stereocenters. The van der Waals surface area contributed by atoms with E-state index in [2.05, 4.69) is 26.2 Å². The van der Waals surface area contributed by atoms with Gasteiger partial charge in [0.1, 0.15) is 10.7 Å². The van der Waals surface area contributed by atoms with Gasteiger partial charge in [-0.2, -0.15) is 5.26 Å². The molecule has 0 amide bonds. The molecule has 46 valence electrons. The summed E-state index contributed by atoms with van der Waals surface area (Å²) < 4.78 is 0.702. The van der Waals surface area contributed by atoms with Crippen LogP contribution in [-0.2, 0) is 0 Å². The van der Waals surface area contributed by atoms with Crippen LogP contribution in [0.3, 0.4) is 0 Å². The quantitative estimate of drug-likeness (QED) is 0.606. The highest BCUT2D eigenvalue weighted by Crippen LogP contribution is 1.99. The summed E-state index contributed by atoms with van der Waals surface area (Å²) in [5, 5.41) is 11.1. The summed E-state index contributed by atoms with van der Waals surface area (Å²) in [7, 11) is 0. The van der Waals surface area contributed by atoms with Crippen molar-refractivity contribution >= 4 is 20.6 Å². The molecule has 0 bridgehead atoms.